The molecule has 0 saturated carbocycles. The van der Waals surface area contributed by atoms with Gasteiger partial charge < -0.3 is 14.2 Å². The summed E-state index contributed by atoms with van der Waals surface area (Å²) in [5, 5.41) is 2.64. The highest BCUT2D eigenvalue weighted by molar-refractivity contribution is 7.15. The highest BCUT2D eigenvalue weighted by Crippen LogP contribution is 2.34. The largest absolute Gasteiger partial charge is 0.461 e. The minimum atomic E-state index is -0.316. The van der Waals surface area contributed by atoms with Crippen LogP contribution >= 0.6 is 34.5 Å². The number of thiazole rings is 1. The molecule has 176 valence electrons. The van der Waals surface area contributed by atoms with Gasteiger partial charge in [-0.05, 0) is 43.8 Å². The summed E-state index contributed by atoms with van der Waals surface area (Å²) in [5.74, 6) is 0.300. The maximum absolute atomic E-state index is 13.8. The third kappa shape index (κ3) is 4.58. The van der Waals surface area contributed by atoms with Crippen LogP contribution in [0.3, 0.4) is 0 Å². The van der Waals surface area contributed by atoms with Gasteiger partial charge in [0.25, 0.3) is 5.91 Å². The molecule has 1 aliphatic rings. The lowest BCUT2D eigenvalue weighted by atomic mass is 10.0. The van der Waals surface area contributed by atoms with Gasteiger partial charge in [-0.3, -0.25) is 4.79 Å². The number of piperazine rings is 1. The molecular formula is C25H22Cl2FN3O2S. The zero-order valence-electron chi connectivity index (χ0n) is 18.6. The van der Waals surface area contributed by atoms with E-state index in [1.165, 1.54) is 23.5 Å². The van der Waals surface area contributed by atoms with Crippen molar-refractivity contribution in [1.29, 1.82) is 0 Å². The molecule has 1 amide bonds. The molecular weight excluding hydrogens is 496 g/mol. The Morgan fingerprint density at radius 3 is 2.74 bits per heavy atom. The molecule has 34 heavy (non-hydrogen) atoms. The number of amides is 1. The number of benzene rings is 2. The van der Waals surface area contributed by atoms with Crippen molar-refractivity contribution in [2.24, 2.45) is 0 Å². The summed E-state index contributed by atoms with van der Waals surface area (Å²) >= 11 is 13.9. The van der Waals surface area contributed by atoms with Crippen molar-refractivity contribution in [3.63, 3.8) is 0 Å². The smallest absolute Gasteiger partial charge is 0.274 e. The first-order valence-corrected chi connectivity index (χ1v) is 12.5. The zero-order valence-corrected chi connectivity index (χ0v) is 21.0. The summed E-state index contributed by atoms with van der Waals surface area (Å²) in [6, 6.07) is 11.4. The van der Waals surface area contributed by atoms with E-state index in [0.29, 0.717) is 40.8 Å². The molecule has 0 aliphatic carbocycles. The monoisotopic (exact) mass is 517 g/mol. The number of aryl methyl sites for hydroxylation is 1. The van der Waals surface area contributed by atoms with Crippen molar-refractivity contribution < 1.29 is 13.6 Å². The molecule has 0 spiro atoms. The van der Waals surface area contributed by atoms with E-state index in [9.17, 15) is 9.18 Å². The molecule has 1 fully saturated rings. The standard InChI is InChI=1S/C25H22Cl2FN3O2S/c1-14-29-23(24(34-14)15-3-5-17(28)6-4-15)25(32)31-8-7-30(2)13-18(31)11-19-12-20-21(27)9-16(26)10-22(20)33-19/h3-6,9-10,12,18H,7-8,11,13H2,1-2H3. The van der Waals surface area contributed by atoms with Gasteiger partial charge in [0.1, 0.15) is 22.9 Å². The molecule has 5 rings (SSSR count). The predicted octanol–water partition coefficient (Wildman–Crippen LogP) is 6.31. The van der Waals surface area contributed by atoms with Crippen LogP contribution < -0.4 is 0 Å². The Bertz CT molecular complexity index is 1370. The van der Waals surface area contributed by atoms with E-state index in [-0.39, 0.29) is 17.8 Å². The molecule has 1 saturated heterocycles. The van der Waals surface area contributed by atoms with Crippen LogP contribution in [-0.4, -0.2) is 53.4 Å². The van der Waals surface area contributed by atoms with E-state index in [4.69, 9.17) is 27.6 Å². The summed E-state index contributed by atoms with van der Waals surface area (Å²) in [4.78, 5) is 23.2. The molecule has 1 atom stereocenters. The van der Waals surface area contributed by atoms with Gasteiger partial charge in [0, 0.05) is 42.5 Å². The minimum Gasteiger partial charge on any atom is -0.461 e. The van der Waals surface area contributed by atoms with Crippen molar-refractivity contribution in [2.75, 3.05) is 26.7 Å². The van der Waals surface area contributed by atoms with E-state index in [0.717, 1.165) is 33.1 Å². The first kappa shape index (κ1) is 23.3. The van der Waals surface area contributed by atoms with Gasteiger partial charge in [0.15, 0.2) is 0 Å². The number of carbonyl (C=O) groups is 1. The molecule has 0 radical (unpaired) electrons. The Kier molecular flexibility index (Phi) is 6.37. The average molecular weight is 518 g/mol. The SMILES string of the molecule is Cc1nc(C(=O)N2CCN(C)CC2Cc2cc3c(Cl)cc(Cl)cc3o2)c(-c2ccc(F)cc2)s1. The van der Waals surface area contributed by atoms with Crippen molar-refractivity contribution >= 4 is 51.4 Å². The van der Waals surface area contributed by atoms with E-state index >= 15 is 0 Å². The second-order valence-corrected chi connectivity index (χ2v) is 10.6. The highest BCUT2D eigenvalue weighted by Gasteiger charge is 2.33. The van der Waals surface area contributed by atoms with Crippen molar-refractivity contribution in [3.8, 4) is 10.4 Å². The van der Waals surface area contributed by atoms with Crippen molar-refractivity contribution in [1.82, 2.24) is 14.8 Å². The molecule has 0 bridgehead atoms. The lowest BCUT2D eigenvalue weighted by molar-refractivity contribution is 0.0489. The molecule has 2 aromatic heterocycles. The molecule has 4 aromatic rings. The molecule has 3 heterocycles. The van der Waals surface area contributed by atoms with Gasteiger partial charge in [0.2, 0.25) is 0 Å². The number of rotatable bonds is 4. The van der Waals surface area contributed by atoms with Crippen LogP contribution in [-0.2, 0) is 6.42 Å². The minimum absolute atomic E-state index is 0.107. The van der Waals surface area contributed by atoms with Crippen LogP contribution in [0.25, 0.3) is 21.4 Å². The molecule has 5 nitrogen and oxygen atoms in total. The predicted molar refractivity (Wildman–Crippen MR) is 135 cm³/mol. The van der Waals surface area contributed by atoms with E-state index in [2.05, 4.69) is 9.88 Å². The quantitative estimate of drug-likeness (QED) is 0.318. The number of aromatic nitrogens is 1. The number of fused-ring (bicyclic) bond motifs is 1. The third-order valence-electron chi connectivity index (χ3n) is 6.03. The summed E-state index contributed by atoms with van der Waals surface area (Å²) < 4.78 is 19.5. The lowest BCUT2D eigenvalue weighted by Crippen LogP contribution is -2.55. The van der Waals surface area contributed by atoms with Gasteiger partial charge in [0.05, 0.1) is 20.9 Å². The Morgan fingerprint density at radius 1 is 1.21 bits per heavy atom. The number of carbonyl (C=O) groups excluding carboxylic acids is 1. The fourth-order valence-corrected chi connectivity index (χ4v) is 5.85. The lowest BCUT2D eigenvalue weighted by Gasteiger charge is -2.39. The number of hydrogen-bond donors (Lipinski definition) is 0. The zero-order chi connectivity index (χ0) is 24.0. The Morgan fingerprint density at radius 2 is 1.97 bits per heavy atom. The summed E-state index contributed by atoms with van der Waals surface area (Å²) in [5.41, 5.74) is 1.82. The van der Waals surface area contributed by atoms with Gasteiger partial charge >= 0.3 is 0 Å². The number of likely N-dealkylation sites (N-methyl/N-ethyl adjacent to an activating group) is 1. The van der Waals surface area contributed by atoms with Crippen LogP contribution in [0.15, 0.2) is 46.9 Å². The maximum Gasteiger partial charge on any atom is 0.274 e. The third-order valence-corrected chi connectivity index (χ3v) is 7.58. The number of nitrogens with zero attached hydrogens (tertiary/aromatic N) is 3. The average Bonchev–Trinajstić information content (AvgIpc) is 3.37. The Labute approximate surface area is 210 Å². The fraction of sp³-hybridized carbons (Fsp3) is 0.280. The highest BCUT2D eigenvalue weighted by atomic mass is 35.5. The number of furan rings is 1. The summed E-state index contributed by atoms with van der Waals surface area (Å²) in [7, 11) is 2.04. The molecule has 9 heteroatoms. The van der Waals surface area contributed by atoms with Crippen LogP contribution in [0.1, 0.15) is 21.3 Å². The van der Waals surface area contributed by atoms with Gasteiger partial charge in [-0.15, -0.1) is 11.3 Å². The Hall–Kier alpha value is -2.45. The summed E-state index contributed by atoms with van der Waals surface area (Å²) in [6.45, 7) is 3.91. The van der Waals surface area contributed by atoms with Crippen LogP contribution in [0.5, 0.6) is 0 Å². The van der Waals surface area contributed by atoms with Crippen LogP contribution in [0.2, 0.25) is 10.0 Å². The van der Waals surface area contributed by atoms with Gasteiger partial charge in [-0.1, -0.05) is 35.3 Å². The van der Waals surface area contributed by atoms with Crippen LogP contribution in [0.4, 0.5) is 4.39 Å². The first-order valence-electron chi connectivity index (χ1n) is 10.9. The van der Waals surface area contributed by atoms with Crippen LogP contribution in [0, 0.1) is 12.7 Å². The summed E-state index contributed by atoms with van der Waals surface area (Å²) in [6.07, 6.45) is 0.535. The van der Waals surface area contributed by atoms with E-state index < -0.39 is 0 Å². The van der Waals surface area contributed by atoms with E-state index in [1.54, 1.807) is 24.3 Å². The molecule has 2 aromatic carbocycles. The number of hydrogen-bond acceptors (Lipinski definition) is 5. The van der Waals surface area contributed by atoms with E-state index in [1.807, 2.05) is 24.9 Å². The normalized spacial score (nSPS) is 17.0. The van der Waals surface area contributed by atoms with Gasteiger partial charge in [-0.25, -0.2) is 9.37 Å². The van der Waals surface area contributed by atoms with Gasteiger partial charge in [-0.2, -0.15) is 0 Å². The second-order valence-electron chi connectivity index (χ2n) is 8.55. The Balaban J connectivity index is 1.46. The number of halogens is 3. The van der Waals surface area contributed by atoms with Crippen molar-refractivity contribution in [3.05, 3.63) is 74.8 Å². The molecule has 1 aliphatic heterocycles. The fourth-order valence-electron chi connectivity index (χ4n) is 4.41. The first-order chi connectivity index (χ1) is 16.3. The van der Waals surface area contributed by atoms with Crippen molar-refractivity contribution in [2.45, 2.75) is 19.4 Å². The maximum atomic E-state index is 13.8. The topological polar surface area (TPSA) is 49.6 Å². The second kappa shape index (κ2) is 9.30. The molecule has 0 N–H and O–H groups in total. The molecule has 1 unspecified atom stereocenters.